The molecule has 0 spiro atoms. The normalized spacial score (nSPS) is 10.6. The summed E-state index contributed by atoms with van der Waals surface area (Å²) in [5, 5.41) is 41.5. The summed E-state index contributed by atoms with van der Waals surface area (Å²) in [5.41, 5.74) is 0.837. The highest BCUT2D eigenvalue weighted by atomic mass is 35.5. The first kappa shape index (κ1) is 32.1. The maximum absolute atomic E-state index is 12.1. The lowest BCUT2D eigenvalue weighted by Crippen LogP contribution is -2.30. The quantitative estimate of drug-likeness (QED) is 0.0737. The third kappa shape index (κ3) is 10.8. The largest absolute Gasteiger partial charge is 0.382 e. The van der Waals surface area contributed by atoms with E-state index in [1.165, 1.54) is 71.3 Å². The van der Waals surface area contributed by atoms with E-state index in [4.69, 9.17) is 23.2 Å². The molecule has 0 unspecified atom stereocenters. The number of carbonyl (C=O) groups is 2. The number of hydrogen-bond acceptors (Lipinski definition) is 13. The maximum Gasteiger partial charge on any atom is 0.271 e. The number of anilines is 2. The van der Waals surface area contributed by atoms with Crippen molar-refractivity contribution in [3.05, 3.63) is 66.7 Å². The summed E-state index contributed by atoms with van der Waals surface area (Å²) < 4.78 is 1.17. The molecule has 0 bridgehead atoms. The number of nitrogens with zero attached hydrogens (tertiary/aromatic N) is 4. The summed E-state index contributed by atoms with van der Waals surface area (Å²) in [6.07, 6.45) is 0. The van der Waals surface area contributed by atoms with Gasteiger partial charge in [0.05, 0.1) is 42.8 Å². The lowest BCUT2D eigenvalue weighted by atomic mass is 10.3. The van der Waals surface area contributed by atoms with E-state index < -0.39 is 9.85 Å². The molecule has 0 saturated carbocycles. The van der Waals surface area contributed by atoms with E-state index in [2.05, 4.69) is 31.5 Å². The molecule has 1 aromatic heterocycles. The van der Waals surface area contributed by atoms with Gasteiger partial charge in [-0.1, -0.05) is 58.1 Å². The van der Waals surface area contributed by atoms with E-state index in [9.17, 15) is 29.8 Å². The van der Waals surface area contributed by atoms with Gasteiger partial charge in [0.15, 0.2) is 8.68 Å². The van der Waals surface area contributed by atoms with Gasteiger partial charge in [-0.05, 0) is 12.1 Å². The van der Waals surface area contributed by atoms with Crippen molar-refractivity contribution in [1.82, 2.24) is 20.8 Å². The van der Waals surface area contributed by atoms with Gasteiger partial charge in [0.1, 0.15) is 0 Å². The molecule has 218 valence electrons. The van der Waals surface area contributed by atoms with E-state index in [1.54, 1.807) is 0 Å². The third-order valence-electron chi connectivity index (χ3n) is 4.89. The van der Waals surface area contributed by atoms with Crippen molar-refractivity contribution >= 4 is 92.6 Å². The van der Waals surface area contributed by atoms with Gasteiger partial charge < -0.3 is 21.3 Å². The Morgan fingerprint density at radius 3 is 1.54 bits per heavy atom. The molecule has 4 N–H and O–H groups in total. The van der Waals surface area contributed by atoms with Crippen molar-refractivity contribution in [1.29, 1.82) is 0 Å². The van der Waals surface area contributed by atoms with Crippen molar-refractivity contribution in [3.63, 3.8) is 0 Å². The number of halogens is 2. The molecule has 0 saturated heterocycles. The van der Waals surface area contributed by atoms with Crippen LogP contribution in [0.2, 0.25) is 10.0 Å². The van der Waals surface area contributed by atoms with Gasteiger partial charge in [0.25, 0.3) is 11.4 Å². The average Bonchev–Trinajstić information content (AvgIpc) is 3.40. The molecule has 0 aliphatic carbocycles. The molecule has 3 rings (SSSR count). The molecule has 0 fully saturated rings. The second kappa shape index (κ2) is 16.2. The molecule has 1 heterocycles. The number of hydrogen-bond donors (Lipinski definition) is 4. The minimum absolute atomic E-state index is 0.107. The van der Waals surface area contributed by atoms with Gasteiger partial charge in [0, 0.05) is 50.4 Å². The first-order valence-corrected chi connectivity index (χ1v) is 15.1. The average molecular weight is 662 g/mol. The van der Waals surface area contributed by atoms with Crippen LogP contribution in [0, 0.1) is 20.2 Å². The lowest BCUT2D eigenvalue weighted by Gasteiger charge is -2.09. The Morgan fingerprint density at radius 2 is 1.17 bits per heavy atom. The number of benzene rings is 2. The number of carbonyl (C=O) groups excluding carboxylic acids is 2. The Hall–Kier alpha value is -3.38. The smallest absolute Gasteiger partial charge is 0.271 e. The van der Waals surface area contributed by atoms with Gasteiger partial charge >= 0.3 is 0 Å². The van der Waals surface area contributed by atoms with Crippen LogP contribution in [0.5, 0.6) is 0 Å². The number of nitrogens with one attached hydrogen (secondary N) is 4. The van der Waals surface area contributed by atoms with Crippen LogP contribution in [-0.4, -0.2) is 69.5 Å². The lowest BCUT2D eigenvalue weighted by molar-refractivity contribution is -0.385. The molecule has 2 amide bonds. The topological polar surface area (TPSA) is 194 Å². The number of aromatic nitrogens is 2. The number of amides is 2. The van der Waals surface area contributed by atoms with Crippen LogP contribution in [0.25, 0.3) is 0 Å². The van der Waals surface area contributed by atoms with Crippen molar-refractivity contribution in [2.24, 2.45) is 0 Å². The predicted octanol–water partition coefficient (Wildman–Crippen LogP) is 4.30. The Morgan fingerprint density at radius 1 is 0.756 bits per heavy atom. The summed E-state index contributed by atoms with van der Waals surface area (Å²) >= 11 is 15.8. The van der Waals surface area contributed by atoms with Crippen molar-refractivity contribution in [2.75, 3.05) is 48.3 Å². The van der Waals surface area contributed by atoms with Gasteiger partial charge in [-0.25, -0.2) is 0 Å². The molecular weight excluding hydrogens is 639 g/mol. The predicted molar refractivity (Wildman–Crippen MR) is 161 cm³/mol. The number of rotatable bonds is 16. The summed E-state index contributed by atoms with van der Waals surface area (Å²) in [5.74, 6) is -0.161. The highest BCUT2D eigenvalue weighted by Gasteiger charge is 2.12. The number of thioether (sulfide) groups is 2. The van der Waals surface area contributed by atoms with E-state index in [-0.39, 0.29) is 44.7 Å². The summed E-state index contributed by atoms with van der Waals surface area (Å²) in [7, 11) is 0. The Labute approximate surface area is 255 Å². The maximum atomic E-state index is 12.1. The zero-order chi connectivity index (χ0) is 29.8. The molecule has 41 heavy (non-hydrogen) atoms. The van der Waals surface area contributed by atoms with Gasteiger partial charge in [-0.2, -0.15) is 0 Å². The minimum atomic E-state index is -0.532. The zero-order valence-corrected chi connectivity index (χ0v) is 24.9. The number of nitro benzene ring substituents is 2. The van der Waals surface area contributed by atoms with E-state index in [0.29, 0.717) is 46.2 Å². The van der Waals surface area contributed by atoms with E-state index in [0.717, 1.165) is 0 Å². The molecule has 14 nitrogen and oxygen atoms in total. The number of nitro groups is 2. The molecular formula is C22H22Cl2N8O6S3. The van der Waals surface area contributed by atoms with Crippen LogP contribution in [0.15, 0.2) is 45.1 Å². The van der Waals surface area contributed by atoms with Crippen molar-refractivity contribution < 1.29 is 19.4 Å². The highest BCUT2D eigenvalue weighted by molar-refractivity contribution is 8.03. The SMILES string of the molecule is O=C(CSc1nnc(SCC(=O)NCCNc2ccc([N+](=O)[O-])cc2Cl)s1)NCCNc1ccc([N+](=O)[O-])cc1Cl. The van der Waals surface area contributed by atoms with Gasteiger partial charge in [-0.3, -0.25) is 29.8 Å². The molecule has 3 aromatic rings. The Balaban J connectivity index is 1.27. The van der Waals surface area contributed by atoms with Crippen LogP contribution in [0.3, 0.4) is 0 Å². The van der Waals surface area contributed by atoms with Crippen LogP contribution in [-0.2, 0) is 9.59 Å². The first-order chi connectivity index (χ1) is 19.6. The van der Waals surface area contributed by atoms with Crippen molar-refractivity contribution in [3.8, 4) is 0 Å². The van der Waals surface area contributed by atoms with Gasteiger partial charge in [-0.15, -0.1) is 10.2 Å². The second-order valence-electron chi connectivity index (χ2n) is 7.81. The van der Waals surface area contributed by atoms with E-state index in [1.807, 2.05) is 0 Å². The molecule has 0 radical (unpaired) electrons. The fourth-order valence-corrected chi connectivity index (χ4v) is 6.15. The molecule has 0 aliphatic heterocycles. The molecule has 2 aromatic carbocycles. The molecule has 19 heteroatoms. The summed E-state index contributed by atoms with van der Waals surface area (Å²) in [6, 6.07) is 8.19. The van der Waals surface area contributed by atoms with E-state index >= 15 is 0 Å². The third-order valence-corrected chi connectivity index (χ3v) is 8.71. The summed E-state index contributed by atoms with van der Waals surface area (Å²) in [4.78, 5) is 44.7. The molecule has 0 atom stereocenters. The van der Waals surface area contributed by atoms with Gasteiger partial charge in [0.2, 0.25) is 11.8 Å². The standard InChI is InChI=1S/C22H22Cl2N8O6S3/c23-15-9-13(31(35)36)1-3-17(15)25-5-7-27-19(33)11-39-21-29-30-22(41-21)40-12-20(34)28-8-6-26-18-4-2-14(32(37)38)10-16(18)24/h1-4,9-10,25-26H,5-8,11-12H2,(H,27,33)(H,28,34). The highest BCUT2D eigenvalue weighted by Crippen LogP contribution is 2.29. The zero-order valence-electron chi connectivity index (χ0n) is 20.9. The molecule has 0 aliphatic rings. The first-order valence-electron chi connectivity index (χ1n) is 11.6. The van der Waals surface area contributed by atoms with Crippen LogP contribution < -0.4 is 21.3 Å². The Bertz CT molecular complexity index is 1310. The van der Waals surface area contributed by atoms with Crippen LogP contribution in [0.4, 0.5) is 22.7 Å². The monoisotopic (exact) mass is 660 g/mol. The fourth-order valence-electron chi connectivity index (χ4n) is 2.99. The van der Waals surface area contributed by atoms with Crippen LogP contribution >= 0.6 is 58.1 Å². The fraction of sp³-hybridized carbons (Fsp3) is 0.273. The minimum Gasteiger partial charge on any atom is -0.382 e. The van der Waals surface area contributed by atoms with Crippen molar-refractivity contribution in [2.45, 2.75) is 8.68 Å². The second-order valence-corrected chi connectivity index (χ2v) is 12.0. The number of non-ortho nitro benzene ring substituents is 2. The summed E-state index contributed by atoms with van der Waals surface area (Å²) in [6.45, 7) is 1.37. The van der Waals surface area contributed by atoms with Crippen LogP contribution in [0.1, 0.15) is 0 Å². The Kier molecular flexibility index (Phi) is 12.7.